The van der Waals surface area contributed by atoms with Gasteiger partial charge in [0.05, 0.1) is 27.8 Å². The summed E-state index contributed by atoms with van der Waals surface area (Å²) in [5.41, 5.74) is 1.70. The second kappa shape index (κ2) is 5.98. The van der Waals surface area contributed by atoms with E-state index in [9.17, 15) is 13.2 Å². The lowest BCUT2D eigenvalue weighted by Crippen LogP contribution is -2.16. The first-order chi connectivity index (χ1) is 11.9. The van der Waals surface area contributed by atoms with Gasteiger partial charge in [-0.05, 0) is 35.7 Å². The number of benzene rings is 1. The van der Waals surface area contributed by atoms with Gasteiger partial charge in [-0.2, -0.15) is 5.10 Å². The number of nitrogens with zero attached hydrogens (tertiary/aromatic N) is 2. The number of carbonyl (C=O) groups excluding carboxylic acids is 1. The van der Waals surface area contributed by atoms with Gasteiger partial charge in [0.2, 0.25) is 0 Å². The lowest BCUT2D eigenvalue weighted by atomic mass is 10.2. The number of rotatable bonds is 3. The normalized spacial score (nSPS) is 15.1. The van der Waals surface area contributed by atoms with Crippen LogP contribution in [0.15, 0.2) is 41.8 Å². The molecule has 9 heteroatoms. The van der Waals surface area contributed by atoms with E-state index in [0.717, 1.165) is 0 Å². The third-order valence-corrected chi connectivity index (χ3v) is 6.40. The fourth-order valence-electron chi connectivity index (χ4n) is 2.72. The Morgan fingerprint density at radius 2 is 1.96 bits per heavy atom. The molecule has 0 fully saturated rings. The van der Waals surface area contributed by atoms with Crippen LogP contribution in [0.25, 0.3) is 5.69 Å². The summed E-state index contributed by atoms with van der Waals surface area (Å²) in [6, 6.07) is 10.4. The number of aromatic nitrogens is 2. The lowest BCUT2D eigenvalue weighted by Gasteiger charge is -2.10. The van der Waals surface area contributed by atoms with Crippen LogP contribution in [0.1, 0.15) is 20.9 Å². The molecule has 1 aliphatic heterocycles. The Kier molecular flexibility index (Phi) is 3.90. The molecule has 1 amide bonds. The Morgan fingerprint density at radius 1 is 1.20 bits per heavy atom. The summed E-state index contributed by atoms with van der Waals surface area (Å²) in [5.74, 6) is -0.158. The zero-order chi connectivity index (χ0) is 17.6. The van der Waals surface area contributed by atoms with Gasteiger partial charge in [-0.1, -0.05) is 17.7 Å². The highest BCUT2D eigenvalue weighted by Gasteiger charge is 2.33. The van der Waals surface area contributed by atoms with Crippen molar-refractivity contribution in [3.05, 3.63) is 62.9 Å². The first-order valence-electron chi connectivity index (χ1n) is 7.35. The summed E-state index contributed by atoms with van der Waals surface area (Å²) in [6.45, 7) is 0. The van der Waals surface area contributed by atoms with Crippen molar-refractivity contribution in [3.63, 3.8) is 0 Å². The van der Waals surface area contributed by atoms with Crippen LogP contribution in [0.3, 0.4) is 0 Å². The number of hydrogen-bond donors (Lipinski definition) is 1. The number of hydrogen-bond acceptors (Lipinski definition) is 5. The SMILES string of the molecule is O=C(Nc1c2c(nn1-c1ccc(Cl)cc1)CS(=O)(=O)C2)c1cccs1. The molecule has 0 atom stereocenters. The van der Waals surface area contributed by atoms with E-state index < -0.39 is 9.84 Å². The summed E-state index contributed by atoms with van der Waals surface area (Å²) in [6.07, 6.45) is 0. The third kappa shape index (κ3) is 3.08. The fourth-order valence-corrected chi connectivity index (χ4v) is 4.96. The zero-order valence-electron chi connectivity index (χ0n) is 12.8. The molecule has 0 radical (unpaired) electrons. The van der Waals surface area contributed by atoms with Gasteiger partial charge in [-0.15, -0.1) is 11.3 Å². The van der Waals surface area contributed by atoms with Crippen molar-refractivity contribution in [3.8, 4) is 5.69 Å². The Hall–Kier alpha value is -2.16. The van der Waals surface area contributed by atoms with Gasteiger partial charge in [-0.3, -0.25) is 4.79 Å². The molecule has 2 aromatic heterocycles. The average Bonchev–Trinajstić information content (AvgIpc) is 3.25. The highest BCUT2D eigenvalue weighted by Crippen LogP contribution is 2.33. The quantitative estimate of drug-likeness (QED) is 0.740. The Balaban J connectivity index is 1.80. The molecule has 0 spiro atoms. The van der Waals surface area contributed by atoms with Crippen LogP contribution in [0.2, 0.25) is 5.02 Å². The van der Waals surface area contributed by atoms with Crippen molar-refractivity contribution >= 4 is 44.5 Å². The van der Waals surface area contributed by atoms with Crippen LogP contribution in [-0.4, -0.2) is 24.1 Å². The molecule has 4 rings (SSSR count). The molecule has 6 nitrogen and oxygen atoms in total. The first-order valence-corrected chi connectivity index (χ1v) is 10.4. The molecule has 3 heterocycles. The molecule has 0 aliphatic carbocycles. The van der Waals surface area contributed by atoms with E-state index >= 15 is 0 Å². The largest absolute Gasteiger partial charge is 0.305 e. The second-order valence-electron chi connectivity index (χ2n) is 5.63. The van der Waals surface area contributed by atoms with Gasteiger partial charge in [0.1, 0.15) is 5.82 Å². The van der Waals surface area contributed by atoms with Crippen molar-refractivity contribution < 1.29 is 13.2 Å². The molecule has 25 heavy (non-hydrogen) atoms. The number of fused-ring (bicyclic) bond motifs is 1. The van der Waals surface area contributed by atoms with Crippen LogP contribution >= 0.6 is 22.9 Å². The summed E-state index contributed by atoms with van der Waals surface area (Å²) in [4.78, 5) is 13.0. The minimum atomic E-state index is -3.23. The van der Waals surface area contributed by atoms with E-state index in [2.05, 4.69) is 10.4 Å². The molecule has 1 aliphatic rings. The molecule has 3 aromatic rings. The molecule has 0 bridgehead atoms. The van der Waals surface area contributed by atoms with Gasteiger partial charge in [0.15, 0.2) is 9.84 Å². The minimum absolute atomic E-state index is 0.120. The number of anilines is 1. The van der Waals surface area contributed by atoms with E-state index in [1.807, 2.05) is 0 Å². The smallest absolute Gasteiger partial charge is 0.266 e. The number of carbonyl (C=O) groups is 1. The number of thiophene rings is 1. The standard InChI is InChI=1S/C16H12ClN3O3S2/c17-10-3-5-11(6-4-10)20-15(18-16(21)14-2-1-7-24-14)12-8-25(22,23)9-13(12)19-20/h1-7H,8-9H2,(H,18,21). The van der Waals surface area contributed by atoms with Crippen molar-refractivity contribution in [2.24, 2.45) is 0 Å². The van der Waals surface area contributed by atoms with Gasteiger partial charge >= 0.3 is 0 Å². The van der Waals surface area contributed by atoms with E-state index in [-0.39, 0.29) is 17.4 Å². The Bertz CT molecular complexity index is 1050. The van der Waals surface area contributed by atoms with Crippen LogP contribution in [-0.2, 0) is 21.3 Å². The first kappa shape index (κ1) is 16.3. The molecule has 1 aromatic carbocycles. The maximum Gasteiger partial charge on any atom is 0.266 e. The highest BCUT2D eigenvalue weighted by atomic mass is 35.5. The predicted octanol–water partition coefficient (Wildman–Crippen LogP) is 3.27. The van der Waals surface area contributed by atoms with Crippen LogP contribution in [0, 0.1) is 0 Å². The van der Waals surface area contributed by atoms with E-state index in [1.54, 1.807) is 46.5 Å². The maximum atomic E-state index is 12.5. The topological polar surface area (TPSA) is 81.1 Å². The van der Waals surface area contributed by atoms with Gasteiger partial charge in [0, 0.05) is 10.6 Å². The third-order valence-electron chi connectivity index (χ3n) is 3.84. The molecule has 128 valence electrons. The van der Waals surface area contributed by atoms with Gasteiger partial charge < -0.3 is 5.32 Å². The zero-order valence-corrected chi connectivity index (χ0v) is 15.2. The molecule has 1 N–H and O–H groups in total. The van der Waals surface area contributed by atoms with E-state index in [1.165, 1.54) is 11.3 Å². The summed E-state index contributed by atoms with van der Waals surface area (Å²) in [5, 5.41) is 9.61. The Labute approximate surface area is 153 Å². The van der Waals surface area contributed by atoms with Crippen LogP contribution in [0.5, 0.6) is 0 Å². The summed E-state index contributed by atoms with van der Waals surface area (Å²) < 4.78 is 25.4. The van der Waals surface area contributed by atoms with Crippen molar-refractivity contribution in [2.45, 2.75) is 11.5 Å². The number of halogens is 1. The predicted molar refractivity (Wildman–Crippen MR) is 97.2 cm³/mol. The van der Waals surface area contributed by atoms with Crippen molar-refractivity contribution in [1.82, 2.24) is 9.78 Å². The van der Waals surface area contributed by atoms with Crippen molar-refractivity contribution in [2.75, 3.05) is 5.32 Å². The minimum Gasteiger partial charge on any atom is -0.305 e. The van der Waals surface area contributed by atoms with E-state index in [0.29, 0.717) is 32.7 Å². The summed E-state index contributed by atoms with van der Waals surface area (Å²) in [7, 11) is -3.23. The van der Waals surface area contributed by atoms with Crippen LogP contribution in [0.4, 0.5) is 5.82 Å². The van der Waals surface area contributed by atoms with Crippen molar-refractivity contribution in [1.29, 1.82) is 0 Å². The molecule has 0 unspecified atom stereocenters. The second-order valence-corrected chi connectivity index (χ2v) is 9.07. The lowest BCUT2D eigenvalue weighted by molar-refractivity contribution is 0.102. The summed E-state index contributed by atoms with van der Waals surface area (Å²) >= 11 is 7.24. The Morgan fingerprint density at radius 3 is 2.64 bits per heavy atom. The number of sulfone groups is 1. The van der Waals surface area contributed by atoms with E-state index in [4.69, 9.17) is 11.6 Å². The molecule has 0 saturated carbocycles. The highest BCUT2D eigenvalue weighted by molar-refractivity contribution is 7.90. The molecular weight excluding hydrogens is 382 g/mol. The number of nitrogens with one attached hydrogen (secondary N) is 1. The maximum absolute atomic E-state index is 12.5. The van der Waals surface area contributed by atoms with Crippen LogP contribution < -0.4 is 5.32 Å². The molecular formula is C16H12ClN3O3S2. The molecule has 0 saturated heterocycles. The number of amides is 1. The average molecular weight is 394 g/mol. The van der Waals surface area contributed by atoms with Gasteiger partial charge in [-0.25, -0.2) is 13.1 Å². The fraction of sp³-hybridized carbons (Fsp3) is 0.125. The van der Waals surface area contributed by atoms with Gasteiger partial charge in [0.25, 0.3) is 5.91 Å². The monoisotopic (exact) mass is 393 g/mol.